The summed E-state index contributed by atoms with van der Waals surface area (Å²) >= 11 is 6.31. The molecule has 1 aromatic heterocycles. The number of anilines is 1. The van der Waals surface area contributed by atoms with E-state index in [2.05, 4.69) is 11.4 Å². The first-order chi connectivity index (χ1) is 12.6. The Labute approximate surface area is 156 Å². The number of ether oxygens (including phenoxy) is 2. The number of carbonyl (C=O) groups excluding carboxylic acids is 1. The molecule has 0 atom stereocenters. The topological polar surface area (TPSA) is 52.5 Å². The molecule has 1 aliphatic heterocycles. The van der Waals surface area contributed by atoms with Crippen molar-refractivity contribution in [3.8, 4) is 11.5 Å². The van der Waals surface area contributed by atoms with Gasteiger partial charge in [-0.3, -0.25) is 4.79 Å². The molecule has 26 heavy (non-hydrogen) atoms. The summed E-state index contributed by atoms with van der Waals surface area (Å²) in [4.78, 5) is 12.6. The number of amides is 1. The fraction of sp³-hybridized carbons (Fsp3) is 0.250. The van der Waals surface area contributed by atoms with E-state index < -0.39 is 0 Å². The molecule has 134 valence electrons. The number of fused-ring (bicyclic) bond motifs is 2. The molecular formula is C20H19ClN2O3. The lowest BCUT2D eigenvalue weighted by atomic mass is 10.2. The van der Waals surface area contributed by atoms with E-state index in [0.717, 1.165) is 23.0 Å². The fourth-order valence-electron chi connectivity index (χ4n) is 3.17. The third-order valence-corrected chi connectivity index (χ3v) is 4.74. The van der Waals surface area contributed by atoms with Gasteiger partial charge in [-0.2, -0.15) is 0 Å². The lowest BCUT2D eigenvalue weighted by Crippen LogP contribution is -2.19. The van der Waals surface area contributed by atoms with E-state index in [9.17, 15) is 4.79 Å². The number of carbonyl (C=O) groups is 1. The molecule has 2 heterocycles. The summed E-state index contributed by atoms with van der Waals surface area (Å²) in [5, 5.41) is 4.43. The third-order valence-electron chi connectivity index (χ3n) is 4.43. The van der Waals surface area contributed by atoms with Crippen molar-refractivity contribution in [3.05, 3.63) is 53.2 Å². The minimum Gasteiger partial charge on any atom is -0.490 e. The Kier molecular flexibility index (Phi) is 4.47. The second kappa shape index (κ2) is 6.92. The molecule has 0 saturated heterocycles. The molecule has 0 saturated carbocycles. The van der Waals surface area contributed by atoms with E-state index in [0.29, 0.717) is 35.4 Å². The maximum atomic E-state index is 12.6. The van der Waals surface area contributed by atoms with E-state index >= 15 is 0 Å². The van der Waals surface area contributed by atoms with Crippen LogP contribution in [0, 0.1) is 6.92 Å². The second-order valence-electron chi connectivity index (χ2n) is 6.31. The van der Waals surface area contributed by atoms with Gasteiger partial charge in [0.1, 0.15) is 6.54 Å². The number of aromatic nitrogens is 1. The summed E-state index contributed by atoms with van der Waals surface area (Å²) in [5.74, 6) is 1.06. The molecule has 3 aromatic rings. The molecule has 0 fully saturated rings. The van der Waals surface area contributed by atoms with Gasteiger partial charge in [-0.05, 0) is 24.4 Å². The summed E-state index contributed by atoms with van der Waals surface area (Å²) in [6.07, 6.45) is 0.813. The standard InChI is InChI=1S/C20H19ClN2O3/c1-13-9-14-5-2-3-6-17(14)23(13)12-20(24)22-16-11-19-18(10-15(16)21)25-7-4-8-26-19/h2-3,5-6,9-11H,4,7-8,12H2,1H3,(H,22,24). The number of rotatable bonds is 3. The van der Waals surface area contributed by atoms with Crippen molar-refractivity contribution in [2.24, 2.45) is 0 Å². The Morgan fingerprint density at radius 3 is 2.69 bits per heavy atom. The summed E-state index contributed by atoms with van der Waals surface area (Å²) in [5.41, 5.74) is 2.59. The number of halogens is 1. The van der Waals surface area contributed by atoms with Gasteiger partial charge in [-0.1, -0.05) is 29.8 Å². The van der Waals surface area contributed by atoms with Crippen LogP contribution in [0.2, 0.25) is 5.02 Å². The van der Waals surface area contributed by atoms with Crippen molar-refractivity contribution in [2.45, 2.75) is 19.9 Å². The third kappa shape index (κ3) is 3.22. The molecule has 6 heteroatoms. The van der Waals surface area contributed by atoms with E-state index in [-0.39, 0.29) is 12.5 Å². The fourth-order valence-corrected chi connectivity index (χ4v) is 3.37. The molecule has 1 amide bonds. The van der Waals surface area contributed by atoms with Gasteiger partial charge in [-0.25, -0.2) is 0 Å². The van der Waals surface area contributed by atoms with Crippen LogP contribution in [0.3, 0.4) is 0 Å². The zero-order valence-corrected chi connectivity index (χ0v) is 15.2. The number of hydrogen-bond acceptors (Lipinski definition) is 3. The predicted molar refractivity (Wildman–Crippen MR) is 102 cm³/mol. The predicted octanol–water partition coefficient (Wildman–Crippen LogP) is 4.40. The molecule has 0 unspecified atom stereocenters. The van der Waals surface area contributed by atoms with Crippen molar-refractivity contribution in [1.82, 2.24) is 4.57 Å². The highest BCUT2D eigenvalue weighted by molar-refractivity contribution is 6.34. The highest BCUT2D eigenvalue weighted by atomic mass is 35.5. The maximum absolute atomic E-state index is 12.6. The van der Waals surface area contributed by atoms with Crippen molar-refractivity contribution in [1.29, 1.82) is 0 Å². The molecule has 0 bridgehead atoms. The first-order valence-corrected chi connectivity index (χ1v) is 8.93. The van der Waals surface area contributed by atoms with Gasteiger partial charge in [-0.15, -0.1) is 0 Å². The van der Waals surface area contributed by atoms with Crippen molar-refractivity contribution in [3.63, 3.8) is 0 Å². The summed E-state index contributed by atoms with van der Waals surface area (Å²) in [6, 6.07) is 13.5. The largest absolute Gasteiger partial charge is 0.490 e. The zero-order valence-electron chi connectivity index (χ0n) is 14.4. The minimum atomic E-state index is -0.147. The summed E-state index contributed by atoms with van der Waals surface area (Å²) in [6.45, 7) is 3.38. The number of nitrogens with zero attached hydrogens (tertiary/aromatic N) is 1. The first-order valence-electron chi connectivity index (χ1n) is 8.56. The second-order valence-corrected chi connectivity index (χ2v) is 6.72. The molecule has 1 N–H and O–H groups in total. The minimum absolute atomic E-state index is 0.147. The van der Waals surface area contributed by atoms with E-state index in [1.54, 1.807) is 12.1 Å². The normalized spacial score (nSPS) is 13.5. The van der Waals surface area contributed by atoms with Crippen molar-refractivity contribution < 1.29 is 14.3 Å². The molecule has 0 radical (unpaired) electrons. The Morgan fingerprint density at radius 2 is 1.88 bits per heavy atom. The van der Waals surface area contributed by atoms with Crippen LogP contribution >= 0.6 is 11.6 Å². The van der Waals surface area contributed by atoms with Crippen molar-refractivity contribution >= 4 is 34.1 Å². The summed E-state index contributed by atoms with van der Waals surface area (Å²) in [7, 11) is 0. The monoisotopic (exact) mass is 370 g/mol. The van der Waals surface area contributed by atoms with Crippen LogP contribution in [0.1, 0.15) is 12.1 Å². The SMILES string of the molecule is Cc1cc2ccccc2n1CC(=O)Nc1cc2c(cc1Cl)OCCCO2. The van der Waals surface area contributed by atoms with Crippen molar-refractivity contribution in [2.75, 3.05) is 18.5 Å². The Hall–Kier alpha value is -2.66. The lowest BCUT2D eigenvalue weighted by Gasteiger charge is -2.13. The average molecular weight is 371 g/mol. The molecule has 2 aromatic carbocycles. The van der Waals surface area contributed by atoms with Gasteiger partial charge in [0.15, 0.2) is 11.5 Å². The zero-order chi connectivity index (χ0) is 18.1. The van der Waals surface area contributed by atoms with Gasteiger partial charge >= 0.3 is 0 Å². The van der Waals surface area contributed by atoms with Crippen LogP contribution in [0.25, 0.3) is 10.9 Å². The molecule has 4 rings (SSSR count). The van der Waals surface area contributed by atoms with Gasteiger partial charge in [0.25, 0.3) is 0 Å². The van der Waals surface area contributed by atoms with Gasteiger partial charge in [0.2, 0.25) is 5.91 Å². The number of benzene rings is 2. The van der Waals surface area contributed by atoms with Crippen LogP contribution in [0.15, 0.2) is 42.5 Å². The van der Waals surface area contributed by atoms with Crippen LogP contribution in [-0.4, -0.2) is 23.7 Å². The Morgan fingerprint density at radius 1 is 1.15 bits per heavy atom. The smallest absolute Gasteiger partial charge is 0.244 e. The summed E-state index contributed by atoms with van der Waals surface area (Å²) < 4.78 is 13.3. The number of hydrogen-bond donors (Lipinski definition) is 1. The first kappa shape index (κ1) is 16.8. The highest BCUT2D eigenvalue weighted by Gasteiger charge is 2.16. The molecule has 1 aliphatic rings. The molecular weight excluding hydrogens is 352 g/mol. The van der Waals surface area contributed by atoms with Crippen LogP contribution in [0.5, 0.6) is 11.5 Å². The average Bonchev–Trinajstić information content (AvgIpc) is 2.78. The molecule has 5 nitrogen and oxygen atoms in total. The van der Waals surface area contributed by atoms with Crippen LogP contribution < -0.4 is 14.8 Å². The maximum Gasteiger partial charge on any atom is 0.244 e. The molecule has 0 aliphatic carbocycles. The van der Waals surface area contributed by atoms with E-state index in [4.69, 9.17) is 21.1 Å². The van der Waals surface area contributed by atoms with Gasteiger partial charge in [0.05, 0.1) is 23.9 Å². The van der Waals surface area contributed by atoms with Gasteiger partial charge < -0.3 is 19.4 Å². The van der Waals surface area contributed by atoms with Crippen LogP contribution in [0.4, 0.5) is 5.69 Å². The van der Waals surface area contributed by atoms with E-state index in [1.165, 1.54) is 0 Å². The highest BCUT2D eigenvalue weighted by Crippen LogP contribution is 2.37. The Bertz CT molecular complexity index is 981. The lowest BCUT2D eigenvalue weighted by molar-refractivity contribution is -0.116. The van der Waals surface area contributed by atoms with E-state index in [1.807, 2.05) is 35.8 Å². The quantitative estimate of drug-likeness (QED) is 0.743. The number of nitrogens with one attached hydrogen (secondary N) is 1. The number of para-hydroxylation sites is 1. The van der Waals surface area contributed by atoms with Crippen LogP contribution in [-0.2, 0) is 11.3 Å². The molecule has 0 spiro atoms. The van der Waals surface area contributed by atoms with Gasteiger partial charge in [0, 0.05) is 29.8 Å². The number of aryl methyl sites for hydroxylation is 1. The Balaban J connectivity index is 1.56.